The summed E-state index contributed by atoms with van der Waals surface area (Å²) in [7, 11) is 0. The molecule has 0 aromatic heterocycles. The summed E-state index contributed by atoms with van der Waals surface area (Å²) in [6.07, 6.45) is 0.537. The summed E-state index contributed by atoms with van der Waals surface area (Å²) in [6.45, 7) is 6.06. The molecule has 0 spiro atoms. The Morgan fingerprint density at radius 1 is 1.58 bits per heavy atom. The van der Waals surface area contributed by atoms with E-state index in [0.29, 0.717) is 18.1 Å². The maximum Gasteiger partial charge on any atom is 0.240 e. The van der Waals surface area contributed by atoms with Gasteiger partial charge in [-0.2, -0.15) is 0 Å². The zero-order valence-electron chi connectivity index (χ0n) is 7.72. The van der Waals surface area contributed by atoms with E-state index in [9.17, 15) is 4.79 Å². The van der Waals surface area contributed by atoms with Crippen molar-refractivity contribution < 1.29 is 14.3 Å². The molecule has 3 nitrogen and oxygen atoms in total. The van der Waals surface area contributed by atoms with Crippen LogP contribution in [-0.4, -0.2) is 18.5 Å². The second-order valence-corrected chi connectivity index (χ2v) is 2.86. The molecule has 0 radical (unpaired) electrons. The fourth-order valence-corrected chi connectivity index (χ4v) is 1.11. The van der Waals surface area contributed by atoms with Crippen molar-refractivity contribution in [2.24, 2.45) is 0 Å². The van der Waals surface area contributed by atoms with Gasteiger partial charge in [-0.1, -0.05) is 6.92 Å². The zero-order chi connectivity index (χ0) is 9.14. The Morgan fingerprint density at radius 2 is 2.25 bits per heavy atom. The van der Waals surface area contributed by atoms with Gasteiger partial charge in [-0.05, 0) is 20.3 Å². The summed E-state index contributed by atoms with van der Waals surface area (Å²) in [5.74, 6) is 0.978. The number of ether oxygens (including phenoxy) is 2. The highest BCUT2D eigenvalue weighted by atomic mass is 16.5. The van der Waals surface area contributed by atoms with Gasteiger partial charge in [0.05, 0.1) is 6.61 Å². The van der Waals surface area contributed by atoms with Gasteiger partial charge >= 0.3 is 0 Å². The first-order valence-electron chi connectivity index (χ1n) is 4.21. The summed E-state index contributed by atoms with van der Waals surface area (Å²) >= 11 is 0. The van der Waals surface area contributed by atoms with E-state index < -0.39 is 0 Å². The molecule has 0 aromatic carbocycles. The lowest BCUT2D eigenvalue weighted by molar-refractivity contribution is -0.123. The number of allylic oxidation sites excluding steroid dienone is 1. The SMILES string of the molecule is CCCOC1=C(C)OC(C)C1=O. The highest BCUT2D eigenvalue weighted by Gasteiger charge is 2.30. The molecule has 0 fully saturated rings. The lowest BCUT2D eigenvalue weighted by Crippen LogP contribution is -2.14. The number of rotatable bonds is 3. The molecule has 68 valence electrons. The number of ketones is 1. The summed E-state index contributed by atoms with van der Waals surface area (Å²) in [5.41, 5.74) is 0. The van der Waals surface area contributed by atoms with Crippen LogP contribution in [0.1, 0.15) is 27.2 Å². The Kier molecular flexibility index (Phi) is 2.74. The van der Waals surface area contributed by atoms with Crippen molar-refractivity contribution in [3.8, 4) is 0 Å². The van der Waals surface area contributed by atoms with E-state index in [1.807, 2.05) is 6.92 Å². The number of hydrogen-bond donors (Lipinski definition) is 0. The zero-order valence-corrected chi connectivity index (χ0v) is 7.72. The first kappa shape index (κ1) is 9.10. The van der Waals surface area contributed by atoms with Gasteiger partial charge in [-0.15, -0.1) is 0 Å². The summed E-state index contributed by atoms with van der Waals surface area (Å²) in [6, 6.07) is 0. The van der Waals surface area contributed by atoms with Crippen LogP contribution in [0, 0.1) is 0 Å². The average Bonchev–Trinajstić information content (AvgIpc) is 2.25. The highest BCUT2D eigenvalue weighted by molar-refractivity contribution is 5.99. The minimum atomic E-state index is -0.364. The molecule has 1 unspecified atom stereocenters. The molecule has 1 atom stereocenters. The molecule has 1 aliphatic heterocycles. The third kappa shape index (κ3) is 1.60. The van der Waals surface area contributed by atoms with E-state index in [0.717, 1.165) is 6.42 Å². The third-order valence-electron chi connectivity index (χ3n) is 1.72. The maximum atomic E-state index is 11.3. The van der Waals surface area contributed by atoms with Crippen LogP contribution in [0.3, 0.4) is 0 Å². The molecule has 0 aromatic rings. The van der Waals surface area contributed by atoms with Crippen molar-refractivity contribution >= 4 is 5.78 Å². The summed E-state index contributed by atoms with van der Waals surface area (Å²) in [5, 5.41) is 0. The van der Waals surface area contributed by atoms with E-state index in [2.05, 4.69) is 0 Å². The average molecular weight is 170 g/mol. The van der Waals surface area contributed by atoms with Crippen LogP contribution in [0.5, 0.6) is 0 Å². The van der Waals surface area contributed by atoms with Crippen LogP contribution in [0.2, 0.25) is 0 Å². The van der Waals surface area contributed by atoms with Crippen molar-refractivity contribution in [1.82, 2.24) is 0 Å². The van der Waals surface area contributed by atoms with Gasteiger partial charge < -0.3 is 9.47 Å². The Hall–Kier alpha value is -0.990. The van der Waals surface area contributed by atoms with Crippen LogP contribution in [-0.2, 0) is 14.3 Å². The molecule has 0 saturated heterocycles. The Balaban J connectivity index is 2.61. The lowest BCUT2D eigenvalue weighted by Gasteiger charge is -2.02. The Labute approximate surface area is 72.4 Å². The van der Waals surface area contributed by atoms with Gasteiger partial charge in [0.25, 0.3) is 0 Å². The van der Waals surface area contributed by atoms with E-state index >= 15 is 0 Å². The van der Waals surface area contributed by atoms with Crippen molar-refractivity contribution in [2.75, 3.05) is 6.61 Å². The minimum absolute atomic E-state index is 0.0408. The predicted molar refractivity (Wildman–Crippen MR) is 44.5 cm³/mol. The lowest BCUT2D eigenvalue weighted by atomic mass is 10.2. The summed E-state index contributed by atoms with van der Waals surface area (Å²) < 4.78 is 10.4. The van der Waals surface area contributed by atoms with Gasteiger partial charge in [-0.3, -0.25) is 4.79 Å². The third-order valence-corrected chi connectivity index (χ3v) is 1.72. The van der Waals surface area contributed by atoms with Crippen LogP contribution in [0.15, 0.2) is 11.5 Å². The molecular weight excluding hydrogens is 156 g/mol. The molecule has 1 heterocycles. The first-order chi connectivity index (χ1) is 5.66. The van der Waals surface area contributed by atoms with Gasteiger partial charge in [0.2, 0.25) is 11.5 Å². The van der Waals surface area contributed by atoms with Crippen molar-refractivity contribution in [2.45, 2.75) is 33.3 Å². The van der Waals surface area contributed by atoms with Crippen LogP contribution >= 0.6 is 0 Å². The second kappa shape index (κ2) is 3.61. The molecule has 12 heavy (non-hydrogen) atoms. The predicted octanol–water partition coefficient (Wildman–Crippen LogP) is 1.63. The monoisotopic (exact) mass is 170 g/mol. The summed E-state index contributed by atoms with van der Waals surface area (Å²) in [4.78, 5) is 11.3. The van der Waals surface area contributed by atoms with E-state index in [-0.39, 0.29) is 11.9 Å². The van der Waals surface area contributed by atoms with E-state index in [4.69, 9.17) is 9.47 Å². The molecule has 1 rings (SSSR count). The topological polar surface area (TPSA) is 35.5 Å². The van der Waals surface area contributed by atoms with Crippen molar-refractivity contribution in [3.05, 3.63) is 11.5 Å². The van der Waals surface area contributed by atoms with E-state index in [1.165, 1.54) is 0 Å². The molecule has 0 aliphatic carbocycles. The number of Topliss-reactive ketones (excluding diaryl/α,β-unsaturated/α-hetero) is 1. The minimum Gasteiger partial charge on any atom is -0.487 e. The standard InChI is InChI=1S/C9H14O3/c1-4-5-11-9-7(3)12-6(2)8(9)10/h6H,4-5H2,1-3H3. The van der Waals surface area contributed by atoms with Gasteiger partial charge in [0.15, 0.2) is 6.10 Å². The van der Waals surface area contributed by atoms with Crippen molar-refractivity contribution in [1.29, 1.82) is 0 Å². The maximum absolute atomic E-state index is 11.3. The molecular formula is C9H14O3. The smallest absolute Gasteiger partial charge is 0.240 e. The molecule has 1 aliphatic rings. The normalized spacial score (nSPS) is 22.9. The number of hydrogen-bond acceptors (Lipinski definition) is 3. The van der Waals surface area contributed by atoms with Gasteiger partial charge in [-0.25, -0.2) is 0 Å². The quantitative estimate of drug-likeness (QED) is 0.645. The molecule has 3 heteroatoms. The van der Waals surface area contributed by atoms with Gasteiger partial charge in [0.1, 0.15) is 5.76 Å². The van der Waals surface area contributed by atoms with Crippen LogP contribution in [0.4, 0.5) is 0 Å². The first-order valence-corrected chi connectivity index (χ1v) is 4.21. The van der Waals surface area contributed by atoms with Crippen LogP contribution < -0.4 is 0 Å². The molecule has 0 saturated carbocycles. The van der Waals surface area contributed by atoms with E-state index in [1.54, 1.807) is 13.8 Å². The molecule has 0 N–H and O–H groups in total. The number of carbonyl (C=O) groups excluding carboxylic acids is 1. The van der Waals surface area contributed by atoms with Crippen molar-refractivity contribution in [3.63, 3.8) is 0 Å². The second-order valence-electron chi connectivity index (χ2n) is 2.86. The largest absolute Gasteiger partial charge is 0.487 e. The fourth-order valence-electron chi connectivity index (χ4n) is 1.11. The number of carbonyl (C=O) groups is 1. The highest BCUT2D eigenvalue weighted by Crippen LogP contribution is 2.21. The Bertz CT molecular complexity index is 218. The van der Waals surface area contributed by atoms with Crippen LogP contribution in [0.25, 0.3) is 0 Å². The molecule has 0 bridgehead atoms. The Morgan fingerprint density at radius 3 is 2.67 bits per heavy atom. The van der Waals surface area contributed by atoms with Gasteiger partial charge in [0, 0.05) is 0 Å². The molecule has 0 amide bonds. The fraction of sp³-hybridized carbons (Fsp3) is 0.667.